The second kappa shape index (κ2) is 32.7. The lowest BCUT2D eigenvalue weighted by Gasteiger charge is -2.64. The van der Waals surface area contributed by atoms with Crippen LogP contribution < -0.4 is 0 Å². The van der Waals surface area contributed by atoms with Crippen molar-refractivity contribution >= 4 is 116 Å². The Morgan fingerprint density at radius 1 is 0.592 bits per heavy atom. The Bertz CT molecular complexity index is 4890. The lowest BCUT2D eigenvalue weighted by atomic mass is 9.44. The molecule has 0 spiro atoms. The largest absolute Gasteiger partial charge is 0.457 e. The van der Waals surface area contributed by atoms with Crippen LogP contribution in [0.3, 0.4) is 0 Å². The first-order valence-electron chi connectivity index (χ1n) is 44.1. The maximum atomic E-state index is 17.2. The molecule has 20 nitrogen and oxygen atoms in total. The number of allylic oxidation sites excluding steroid dienone is 16. The predicted molar refractivity (Wildman–Crippen MR) is 459 cm³/mol. The van der Waals surface area contributed by atoms with E-state index in [2.05, 4.69) is 6.92 Å². The second-order valence-electron chi connectivity index (χ2n) is 41.2. The fourth-order valence-corrected chi connectivity index (χ4v) is 32.9. The zero-order valence-electron chi connectivity index (χ0n) is 72.9. The van der Waals surface area contributed by atoms with E-state index in [4.69, 9.17) is 60.3 Å². The van der Waals surface area contributed by atoms with Gasteiger partial charge in [0, 0.05) is 79.3 Å². The molecule has 1 aromatic heterocycles. The first-order valence-corrected chi connectivity index (χ1v) is 46.8. The van der Waals surface area contributed by atoms with Crippen molar-refractivity contribution in [1.29, 1.82) is 0 Å². The van der Waals surface area contributed by atoms with Gasteiger partial charge in [-0.05, 0) is 233 Å². The molecule has 35 unspecified atom stereocenters. The highest BCUT2D eigenvalue weighted by molar-refractivity contribution is 8.13. The average Bonchev–Trinajstić information content (AvgIpc) is 1.57. The Labute approximate surface area is 751 Å². The van der Waals surface area contributed by atoms with Crippen molar-refractivity contribution in [3.63, 3.8) is 0 Å². The first-order chi connectivity index (χ1) is 58.3. The van der Waals surface area contributed by atoms with Crippen LogP contribution in [0, 0.1) is 126 Å². The van der Waals surface area contributed by atoms with E-state index in [0.717, 1.165) is 17.2 Å². The summed E-state index contributed by atoms with van der Waals surface area (Å²) in [6, 6.07) is 2.05. The number of fused-ring (bicyclic) bond motifs is 20. The highest BCUT2D eigenvalue weighted by Gasteiger charge is 2.81. The summed E-state index contributed by atoms with van der Waals surface area (Å²) in [5.74, 6) is -7.89. The van der Waals surface area contributed by atoms with Crippen LogP contribution >= 0.6 is 58.2 Å². The molecule has 7 N–H and O–H groups in total. The number of thioether (sulfide) groups is 1. The van der Waals surface area contributed by atoms with Gasteiger partial charge >= 0.3 is 11.9 Å². The maximum Gasteiger partial charge on any atom is 0.375 e. The van der Waals surface area contributed by atoms with Crippen LogP contribution in [0.1, 0.15) is 190 Å². The van der Waals surface area contributed by atoms with Crippen molar-refractivity contribution in [1.82, 2.24) is 0 Å². The number of aliphatic hydroxyl groups is 7. The van der Waals surface area contributed by atoms with Crippen molar-refractivity contribution in [3.8, 4) is 0 Å². The van der Waals surface area contributed by atoms with E-state index in [1.165, 1.54) is 49.6 Å². The molecule has 12 fully saturated rings. The van der Waals surface area contributed by atoms with Gasteiger partial charge in [0.25, 0.3) is 0 Å². The van der Waals surface area contributed by atoms with E-state index >= 15 is 13.2 Å². The van der Waals surface area contributed by atoms with Crippen molar-refractivity contribution in [2.75, 3.05) is 25.1 Å². The summed E-state index contributed by atoms with van der Waals surface area (Å²) < 4.78 is 78.5. The molecule has 29 heteroatoms. The molecule has 16 aliphatic rings. The van der Waals surface area contributed by atoms with Crippen LogP contribution in [0.15, 0.2) is 118 Å². The van der Waals surface area contributed by atoms with Crippen LogP contribution in [0.5, 0.6) is 0 Å². The zero-order chi connectivity index (χ0) is 91.9. The van der Waals surface area contributed by atoms with Crippen LogP contribution in [0.25, 0.3) is 0 Å². The number of esters is 2. The third kappa shape index (κ3) is 13.2. The first kappa shape index (κ1) is 95.5. The van der Waals surface area contributed by atoms with Gasteiger partial charge in [0.1, 0.15) is 37.2 Å². The summed E-state index contributed by atoms with van der Waals surface area (Å²) in [5.41, 5.74) is -12.2. The highest BCUT2D eigenvalue weighted by Crippen LogP contribution is 2.77. The lowest BCUT2D eigenvalue weighted by molar-refractivity contribution is -0.228. The number of furan rings is 1. The van der Waals surface area contributed by atoms with Crippen LogP contribution in [0.4, 0.5) is 17.6 Å². The number of alkyl halides is 8. The molecule has 0 aromatic carbocycles. The number of aliphatic hydroxyl groups excluding tert-OH is 6. The Balaban J connectivity index is 0.000000136. The minimum Gasteiger partial charge on any atom is -0.457 e. The summed E-state index contributed by atoms with van der Waals surface area (Å²) in [6.45, 7) is 22.6. The molecule has 0 aliphatic heterocycles. The number of ether oxygens (including phenoxy) is 2. The van der Waals surface area contributed by atoms with Crippen LogP contribution in [-0.4, -0.2) is 193 Å². The number of rotatable bonds is 12. The van der Waals surface area contributed by atoms with Crippen LogP contribution in [0.2, 0.25) is 0 Å². The smallest absolute Gasteiger partial charge is 0.375 e. The maximum absolute atomic E-state index is 17.2. The van der Waals surface area contributed by atoms with Gasteiger partial charge in [-0.15, -0.1) is 46.4 Å². The lowest BCUT2D eigenvalue weighted by Crippen LogP contribution is -2.70. The van der Waals surface area contributed by atoms with Crippen molar-refractivity contribution in [2.24, 2.45) is 126 Å². The molecule has 0 saturated heterocycles. The quantitative estimate of drug-likeness (QED) is 0.0580. The molecule has 17 rings (SSSR count). The molecule has 125 heavy (non-hydrogen) atoms. The van der Waals surface area contributed by atoms with E-state index in [-0.39, 0.29) is 162 Å². The Hall–Kier alpha value is -5.55. The molecule has 35 atom stereocenters. The minimum atomic E-state index is -2.30. The monoisotopic (exact) mass is 1840 g/mol. The predicted octanol–water partition coefficient (Wildman–Crippen LogP) is 14.3. The van der Waals surface area contributed by atoms with E-state index in [1.807, 2.05) is 67.5 Å². The molecule has 0 bridgehead atoms. The molecule has 1 heterocycles. The third-order valence-corrected chi connectivity index (χ3v) is 39.2. The van der Waals surface area contributed by atoms with Crippen molar-refractivity contribution < 1.29 is 115 Å². The summed E-state index contributed by atoms with van der Waals surface area (Å²) in [6.07, 6.45) is 16.7. The normalized spacial score (nSPS) is 48.8. The summed E-state index contributed by atoms with van der Waals surface area (Å²) in [4.78, 5) is 123. The number of hydrogen-bond acceptors (Lipinski definition) is 21. The standard InChI is InChI=1S/C27H30Cl2O6.C25H31F3O5S.C22H28ClFO4.C22H29ClO5/c1-15-11-19-18-7-6-16-12-17(30)8-9-24(16,2)26(18,29)21(31)13-25(19,3)27(15,22(32)14-28)35-23(33)20-5-4-10-34-20;1-5-20(31)33-25(21(32)34-12-26)13(2)8-15-16-10-18(27)17-9-14(29)6-7-22(17,3)24(16,28)19(30)11-23(15,25)4;1-11-6-13-14-8-16(24)15-7-12(26)4-5-21(15,3)22(14,23)18(28)9-20(13,2)19(11)17(27)10-25;1-11-6-14-18-15(23)8-12-7-13(25)4-5-20(12,2)19(18)16(26)9-21(14,3)22(11,28)17(27)10-24/h4-5,8-10,12,15,18-19,21,31H,6-7,11,13-14H2,1-3H3;6-7,9,13,15-16,18-19,30H,5,8,10-12H2,1-4H3;4-5,7,11,13-14,16,18-19,25,28H,6,8-10H2,1-3H3;4-5,7,11,14-16,18-19,24,26,28H,6,8-10H2,1-3H3. The topological polar surface area (TPSA) is 344 Å². The van der Waals surface area contributed by atoms with Crippen LogP contribution in [-0.2, 0) is 52.6 Å². The summed E-state index contributed by atoms with van der Waals surface area (Å²) >= 11 is 28.1. The molecular formula is C96H118Cl4F4O20S. The Kier molecular flexibility index (Phi) is 25.0. The summed E-state index contributed by atoms with van der Waals surface area (Å²) in [5, 5.41) is 75.2. The fourth-order valence-electron chi connectivity index (χ4n) is 30.4. The number of carbonyl (C=O) groups is 10. The third-order valence-electron chi connectivity index (χ3n) is 36.0. The van der Waals surface area contributed by atoms with Gasteiger partial charge in [-0.1, -0.05) is 119 Å². The Morgan fingerprint density at radius 2 is 1.12 bits per heavy atom. The second-order valence-corrected chi connectivity index (χ2v) is 44.2. The molecule has 16 aliphatic carbocycles. The van der Waals surface area contributed by atoms with E-state index in [0.29, 0.717) is 62.3 Å². The molecule has 1 aromatic rings. The van der Waals surface area contributed by atoms with Gasteiger partial charge in [0.05, 0.1) is 46.3 Å². The fraction of sp³-hybridized carbons (Fsp3) is 0.688. The van der Waals surface area contributed by atoms with Gasteiger partial charge in [-0.2, -0.15) is 0 Å². The zero-order valence-corrected chi connectivity index (χ0v) is 76.7. The number of Topliss-reactive ketones (excluding diaryl/α,β-unsaturated/α-hetero) is 3. The Morgan fingerprint density at radius 3 is 1.70 bits per heavy atom. The van der Waals surface area contributed by atoms with Crippen molar-refractivity contribution in [3.05, 3.63) is 119 Å². The van der Waals surface area contributed by atoms with Gasteiger partial charge in [-0.25, -0.2) is 22.4 Å². The van der Waals surface area contributed by atoms with E-state index in [9.17, 15) is 88.1 Å². The highest BCUT2D eigenvalue weighted by atomic mass is 35.5. The van der Waals surface area contributed by atoms with Crippen molar-refractivity contribution in [2.45, 2.75) is 254 Å². The number of carbonyl (C=O) groups excluding carboxylic acids is 10. The van der Waals surface area contributed by atoms with Gasteiger partial charge in [-0.3, -0.25) is 43.2 Å². The molecular weight excluding hydrogens is 1720 g/mol. The number of ketones is 7. The van der Waals surface area contributed by atoms with Gasteiger partial charge in [0.2, 0.25) is 10.9 Å². The number of hydrogen-bond donors (Lipinski definition) is 7. The van der Waals surface area contributed by atoms with E-state index in [1.54, 1.807) is 51.1 Å². The molecule has 12 saturated carbocycles. The minimum absolute atomic E-state index is 0.00557. The molecule has 684 valence electrons. The SMILES string of the molecule is CC1CC2C3C(Cl)CC4=CC(=O)C=CC4(C)C3C(O)CC2(C)C1(O)C(=O)CO.CC1CC2C3CC(F)C4=CC(=O)C=CC4(C)C3(Cl)C(O)CC2(C)C1C(=O)CO.CC1CC2C3CCC4=CC(=O)C=CC4(C)C3(Cl)C(O)CC2(C)C1(OC(=O)c1ccco1)C(=O)CCl.CCC(=O)OC1(C(=O)SCF)C(C)CC2C3CC(F)C4=CC(=O)C=CC4(C)C3(F)C(O)CC21C. The summed E-state index contributed by atoms with van der Waals surface area (Å²) in [7, 11) is 0. The van der Waals surface area contributed by atoms with E-state index < -0.39 is 178 Å². The number of halogens is 8. The van der Waals surface area contributed by atoms with Gasteiger partial charge < -0.3 is 49.6 Å². The van der Waals surface area contributed by atoms with Gasteiger partial charge in [0.15, 0.2) is 57.4 Å². The average molecular weight is 1840 g/mol. The molecule has 0 amide bonds. The molecule has 0 radical (unpaired) electrons.